The van der Waals surface area contributed by atoms with Crippen molar-refractivity contribution in [1.29, 1.82) is 0 Å². The third kappa shape index (κ3) is 2.89. The number of aliphatic imine (C=N–C) groups is 1. The van der Waals surface area contributed by atoms with Crippen LogP contribution < -0.4 is 5.32 Å². The molecule has 1 aromatic carbocycles. The largest absolute Gasteiger partial charge is 0.361 e. The summed E-state index contributed by atoms with van der Waals surface area (Å²) in [6, 6.07) is 7.87. The van der Waals surface area contributed by atoms with Crippen molar-refractivity contribution >= 4 is 28.5 Å². The summed E-state index contributed by atoms with van der Waals surface area (Å²) >= 11 is 7.84. The third-order valence-electron chi connectivity index (χ3n) is 2.19. The second kappa shape index (κ2) is 4.90. The summed E-state index contributed by atoms with van der Waals surface area (Å²) in [5.41, 5.74) is 1.11. The Morgan fingerprint density at radius 2 is 2.33 bits per heavy atom. The zero-order valence-corrected chi connectivity index (χ0v) is 10.1. The first kappa shape index (κ1) is 10.8. The summed E-state index contributed by atoms with van der Waals surface area (Å²) in [5.74, 6) is 0. The van der Waals surface area contributed by atoms with E-state index < -0.39 is 0 Å². The fourth-order valence-corrected chi connectivity index (χ4v) is 2.42. The Labute approximate surface area is 99.1 Å². The van der Waals surface area contributed by atoms with Crippen molar-refractivity contribution in [2.45, 2.75) is 18.7 Å². The number of rotatable bonds is 2. The number of hydrogen-bond acceptors (Lipinski definition) is 3. The Kier molecular flexibility index (Phi) is 3.54. The average Bonchev–Trinajstić information content (AvgIpc) is 2.63. The van der Waals surface area contributed by atoms with E-state index in [1.54, 1.807) is 11.8 Å². The van der Waals surface area contributed by atoms with Crippen molar-refractivity contribution in [1.82, 2.24) is 5.32 Å². The van der Waals surface area contributed by atoms with Gasteiger partial charge in [-0.3, -0.25) is 4.99 Å². The number of nitrogens with one attached hydrogen (secondary N) is 1. The van der Waals surface area contributed by atoms with Gasteiger partial charge in [0.05, 0.1) is 6.54 Å². The van der Waals surface area contributed by atoms with E-state index in [1.165, 1.54) is 0 Å². The molecule has 2 rings (SSSR count). The second-order valence-corrected chi connectivity index (χ2v) is 5.35. The van der Waals surface area contributed by atoms with E-state index in [1.807, 2.05) is 24.3 Å². The summed E-state index contributed by atoms with van der Waals surface area (Å²) < 4.78 is 0. The number of halogens is 1. The molecule has 1 heterocycles. The van der Waals surface area contributed by atoms with Crippen LogP contribution in [0.3, 0.4) is 0 Å². The van der Waals surface area contributed by atoms with E-state index in [0.29, 0.717) is 5.25 Å². The van der Waals surface area contributed by atoms with Gasteiger partial charge in [-0.1, -0.05) is 48.5 Å². The molecule has 1 aromatic rings. The van der Waals surface area contributed by atoms with Crippen LogP contribution in [0.2, 0.25) is 5.02 Å². The highest BCUT2D eigenvalue weighted by Gasteiger charge is 2.14. The lowest BCUT2D eigenvalue weighted by Gasteiger charge is -2.07. The molecule has 2 nitrogen and oxygen atoms in total. The van der Waals surface area contributed by atoms with Crippen molar-refractivity contribution < 1.29 is 0 Å². The second-order valence-electron chi connectivity index (χ2n) is 3.52. The smallest absolute Gasteiger partial charge is 0.157 e. The molecule has 0 bridgehead atoms. The van der Waals surface area contributed by atoms with E-state index in [0.717, 1.165) is 28.8 Å². The summed E-state index contributed by atoms with van der Waals surface area (Å²) in [5, 5.41) is 5.73. The zero-order valence-electron chi connectivity index (χ0n) is 8.53. The first-order valence-corrected chi connectivity index (χ1v) is 6.20. The minimum atomic E-state index is 0.596. The van der Waals surface area contributed by atoms with Crippen LogP contribution >= 0.6 is 23.4 Å². The highest BCUT2D eigenvalue weighted by Crippen LogP contribution is 2.20. The summed E-state index contributed by atoms with van der Waals surface area (Å²) in [6.07, 6.45) is 0. The van der Waals surface area contributed by atoms with Gasteiger partial charge >= 0.3 is 0 Å². The molecule has 0 amide bonds. The lowest BCUT2D eigenvalue weighted by molar-refractivity contribution is 0.914. The normalized spacial score (nSPS) is 20.1. The lowest BCUT2D eigenvalue weighted by atomic mass is 10.2. The van der Waals surface area contributed by atoms with Crippen LogP contribution in [-0.4, -0.2) is 17.0 Å². The molecule has 0 saturated carbocycles. The highest BCUT2D eigenvalue weighted by molar-refractivity contribution is 8.14. The van der Waals surface area contributed by atoms with Gasteiger partial charge in [0, 0.05) is 16.8 Å². The average molecular weight is 241 g/mol. The van der Waals surface area contributed by atoms with Crippen molar-refractivity contribution in [2.75, 3.05) is 6.54 Å². The van der Waals surface area contributed by atoms with E-state index in [9.17, 15) is 0 Å². The Morgan fingerprint density at radius 3 is 3.00 bits per heavy atom. The maximum Gasteiger partial charge on any atom is 0.157 e. The molecule has 1 N–H and O–H groups in total. The number of amidine groups is 1. The predicted molar refractivity (Wildman–Crippen MR) is 67.6 cm³/mol. The van der Waals surface area contributed by atoms with Crippen molar-refractivity contribution in [2.24, 2.45) is 4.99 Å². The van der Waals surface area contributed by atoms with E-state index in [2.05, 4.69) is 17.2 Å². The van der Waals surface area contributed by atoms with Gasteiger partial charge in [0.25, 0.3) is 0 Å². The molecule has 0 aliphatic carbocycles. The molecule has 0 fully saturated rings. The topological polar surface area (TPSA) is 24.4 Å². The predicted octanol–water partition coefficient (Wildman–Crippen LogP) is 2.92. The van der Waals surface area contributed by atoms with Crippen LogP contribution in [0, 0.1) is 0 Å². The first-order chi connectivity index (χ1) is 7.25. The third-order valence-corrected chi connectivity index (χ3v) is 3.61. The molecule has 0 unspecified atom stereocenters. The first-order valence-electron chi connectivity index (χ1n) is 4.94. The Morgan fingerprint density at radius 1 is 1.53 bits per heavy atom. The standard InChI is InChI=1S/C11H13ClN2S/c1-8-6-13-11(15-8)14-7-9-4-2-3-5-10(9)12/h2-5,8H,6-7H2,1H3,(H,13,14)/t8-/m1/s1. The molecule has 0 aromatic heterocycles. The molecule has 0 radical (unpaired) electrons. The number of hydrogen-bond donors (Lipinski definition) is 1. The summed E-state index contributed by atoms with van der Waals surface area (Å²) in [4.78, 5) is 4.39. The molecule has 0 spiro atoms. The van der Waals surface area contributed by atoms with Crippen molar-refractivity contribution in [3.8, 4) is 0 Å². The lowest BCUT2D eigenvalue weighted by Crippen LogP contribution is -2.18. The van der Waals surface area contributed by atoms with Gasteiger partial charge in [0.15, 0.2) is 5.17 Å². The van der Waals surface area contributed by atoms with Crippen LogP contribution in [0.4, 0.5) is 0 Å². The van der Waals surface area contributed by atoms with Gasteiger partial charge < -0.3 is 5.32 Å². The van der Waals surface area contributed by atoms with Crippen LogP contribution in [0.15, 0.2) is 29.3 Å². The van der Waals surface area contributed by atoms with Crippen LogP contribution in [-0.2, 0) is 6.54 Å². The summed E-state index contributed by atoms with van der Waals surface area (Å²) in [6.45, 7) is 3.84. The summed E-state index contributed by atoms with van der Waals surface area (Å²) in [7, 11) is 0. The number of benzene rings is 1. The highest BCUT2D eigenvalue weighted by atomic mass is 35.5. The maximum absolute atomic E-state index is 6.05. The molecular formula is C11H13ClN2S. The fraction of sp³-hybridized carbons (Fsp3) is 0.364. The van der Waals surface area contributed by atoms with Gasteiger partial charge in [0.1, 0.15) is 0 Å². The molecule has 0 saturated heterocycles. The fourth-order valence-electron chi connectivity index (χ4n) is 1.39. The molecular weight excluding hydrogens is 228 g/mol. The van der Waals surface area contributed by atoms with E-state index in [-0.39, 0.29) is 0 Å². The van der Waals surface area contributed by atoms with Gasteiger partial charge in [0.2, 0.25) is 0 Å². The van der Waals surface area contributed by atoms with Gasteiger partial charge in [-0.25, -0.2) is 0 Å². The Balaban J connectivity index is 1.91. The monoisotopic (exact) mass is 240 g/mol. The molecule has 4 heteroatoms. The van der Waals surface area contributed by atoms with Gasteiger partial charge in [-0.2, -0.15) is 0 Å². The molecule has 1 aliphatic rings. The van der Waals surface area contributed by atoms with Gasteiger partial charge in [-0.05, 0) is 11.6 Å². The Bertz CT molecular complexity index is 379. The van der Waals surface area contributed by atoms with Crippen LogP contribution in [0.25, 0.3) is 0 Å². The van der Waals surface area contributed by atoms with Crippen LogP contribution in [0.5, 0.6) is 0 Å². The van der Waals surface area contributed by atoms with Crippen molar-refractivity contribution in [3.63, 3.8) is 0 Å². The van der Waals surface area contributed by atoms with Crippen molar-refractivity contribution in [3.05, 3.63) is 34.9 Å². The van der Waals surface area contributed by atoms with Crippen LogP contribution in [0.1, 0.15) is 12.5 Å². The molecule has 15 heavy (non-hydrogen) atoms. The molecule has 80 valence electrons. The van der Waals surface area contributed by atoms with Gasteiger partial charge in [-0.15, -0.1) is 0 Å². The SMILES string of the molecule is C[C@@H]1CN=C(NCc2ccccc2Cl)S1. The molecule has 1 atom stereocenters. The van der Waals surface area contributed by atoms with E-state index >= 15 is 0 Å². The maximum atomic E-state index is 6.05. The minimum Gasteiger partial charge on any atom is -0.361 e. The van der Waals surface area contributed by atoms with E-state index in [4.69, 9.17) is 11.6 Å². The number of nitrogens with zero attached hydrogens (tertiary/aromatic N) is 1. The Hall–Kier alpha value is -0.670. The molecule has 1 aliphatic heterocycles. The number of thioether (sulfide) groups is 1. The minimum absolute atomic E-state index is 0.596. The quantitative estimate of drug-likeness (QED) is 0.860. The zero-order chi connectivity index (χ0) is 10.7.